The van der Waals surface area contributed by atoms with E-state index in [9.17, 15) is 4.79 Å². The maximum atomic E-state index is 12.7. The van der Waals surface area contributed by atoms with Crippen LogP contribution < -0.4 is 10.1 Å². The van der Waals surface area contributed by atoms with Gasteiger partial charge in [-0.15, -0.1) is 10.2 Å². The summed E-state index contributed by atoms with van der Waals surface area (Å²) in [5.41, 5.74) is 1.79. The second-order valence-electron chi connectivity index (χ2n) is 8.16. The van der Waals surface area contributed by atoms with E-state index in [-0.39, 0.29) is 5.91 Å². The van der Waals surface area contributed by atoms with Gasteiger partial charge in [-0.25, -0.2) is 0 Å². The molecular formula is C22H31N5O2. The molecule has 7 nitrogen and oxygen atoms in total. The molecule has 4 rings (SSSR count). The number of nitrogens with zero attached hydrogens (tertiary/aromatic N) is 4. The number of benzene rings is 1. The SMILES string of the molecule is CCCN1CCC(Cc2cc(C(=O)NCc3nnc4n3CCC4)ccc2OC)C1. The van der Waals surface area contributed by atoms with Gasteiger partial charge in [-0.3, -0.25) is 4.79 Å². The minimum atomic E-state index is -0.0803. The van der Waals surface area contributed by atoms with Crippen LogP contribution in [0.2, 0.25) is 0 Å². The Morgan fingerprint density at radius 3 is 3.03 bits per heavy atom. The van der Waals surface area contributed by atoms with Gasteiger partial charge in [-0.2, -0.15) is 0 Å². The van der Waals surface area contributed by atoms with E-state index in [1.807, 2.05) is 18.2 Å². The molecule has 1 N–H and O–H groups in total. The molecule has 0 spiro atoms. The Morgan fingerprint density at radius 1 is 1.31 bits per heavy atom. The Kier molecular flexibility index (Phi) is 6.13. The van der Waals surface area contributed by atoms with Crippen molar-refractivity contribution in [3.05, 3.63) is 41.0 Å². The summed E-state index contributed by atoms with van der Waals surface area (Å²) in [6.07, 6.45) is 5.42. The van der Waals surface area contributed by atoms with Crippen LogP contribution in [0.4, 0.5) is 0 Å². The number of fused-ring (bicyclic) bond motifs is 1. The van der Waals surface area contributed by atoms with Gasteiger partial charge in [0.05, 0.1) is 13.7 Å². The molecule has 1 amide bonds. The second kappa shape index (κ2) is 8.95. The standard InChI is InChI=1S/C22H31N5O2/c1-3-9-26-11-8-16(15-26)12-18-13-17(6-7-19(18)29-2)22(28)23-14-21-25-24-20-5-4-10-27(20)21/h6-7,13,16H,3-5,8-12,14-15H2,1-2H3,(H,23,28). The molecule has 0 radical (unpaired) electrons. The fraction of sp³-hybridized carbons (Fsp3) is 0.591. The molecule has 2 aromatic rings. The predicted octanol–water partition coefficient (Wildman–Crippen LogP) is 2.44. The molecular weight excluding hydrogens is 366 g/mol. The maximum Gasteiger partial charge on any atom is 0.251 e. The highest BCUT2D eigenvalue weighted by atomic mass is 16.5. The summed E-state index contributed by atoms with van der Waals surface area (Å²) in [5.74, 6) is 3.26. The number of aromatic nitrogens is 3. The lowest BCUT2D eigenvalue weighted by Crippen LogP contribution is -2.25. The van der Waals surface area contributed by atoms with Crippen LogP contribution >= 0.6 is 0 Å². The van der Waals surface area contributed by atoms with Crippen LogP contribution in [-0.4, -0.2) is 52.3 Å². The van der Waals surface area contributed by atoms with Crippen molar-refractivity contribution in [2.24, 2.45) is 5.92 Å². The van der Waals surface area contributed by atoms with Gasteiger partial charge in [0, 0.05) is 25.1 Å². The number of likely N-dealkylation sites (tertiary alicyclic amines) is 1. The van der Waals surface area contributed by atoms with Crippen LogP contribution in [0.3, 0.4) is 0 Å². The summed E-state index contributed by atoms with van der Waals surface area (Å²) in [7, 11) is 1.70. The topological polar surface area (TPSA) is 72.3 Å². The number of nitrogens with one attached hydrogen (secondary N) is 1. The molecule has 1 atom stereocenters. The quantitative estimate of drug-likeness (QED) is 0.741. The van der Waals surface area contributed by atoms with Gasteiger partial charge in [0.15, 0.2) is 5.82 Å². The average Bonchev–Trinajstić information content (AvgIpc) is 3.44. The Morgan fingerprint density at radius 2 is 2.21 bits per heavy atom. The normalized spacial score (nSPS) is 18.8. The number of hydrogen-bond acceptors (Lipinski definition) is 5. The van der Waals surface area contributed by atoms with Crippen molar-refractivity contribution in [3.63, 3.8) is 0 Å². The van der Waals surface area contributed by atoms with E-state index in [1.54, 1.807) is 7.11 Å². The molecule has 0 aliphatic carbocycles. The number of carbonyl (C=O) groups excluding carboxylic acids is 1. The number of amides is 1. The molecule has 29 heavy (non-hydrogen) atoms. The van der Waals surface area contributed by atoms with E-state index in [4.69, 9.17) is 4.74 Å². The third kappa shape index (κ3) is 4.45. The highest BCUT2D eigenvalue weighted by molar-refractivity contribution is 5.94. The molecule has 156 valence electrons. The van der Waals surface area contributed by atoms with Gasteiger partial charge in [0.2, 0.25) is 0 Å². The average molecular weight is 398 g/mol. The van der Waals surface area contributed by atoms with Gasteiger partial charge >= 0.3 is 0 Å². The summed E-state index contributed by atoms with van der Waals surface area (Å²) < 4.78 is 7.68. The van der Waals surface area contributed by atoms with Crippen LogP contribution in [-0.2, 0) is 25.9 Å². The molecule has 0 bridgehead atoms. The molecule has 3 heterocycles. The number of aryl methyl sites for hydroxylation is 1. The van der Waals surface area contributed by atoms with Gasteiger partial charge in [-0.05, 0) is 68.5 Å². The van der Waals surface area contributed by atoms with Gasteiger partial charge in [-0.1, -0.05) is 6.92 Å². The Bertz CT molecular complexity index is 863. The van der Waals surface area contributed by atoms with E-state index in [1.165, 1.54) is 25.9 Å². The molecule has 2 aliphatic rings. The van der Waals surface area contributed by atoms with E-state index in [0.717, 1.165) is 55.3 Å². The lowest BCUT2D eigenvalue weighted by atomic mass is 9.96. The van der Waals surface area contributed by atoms with Crippen molar-refractivity contribution in [2.75, 3.05) is 26.7 Å². The van der Waals surface area contributed by atoms with Crippen molar-refractivity contribution in [3.8, 4) is 5.75 Å². The zero-order valence-electron chi connectivity index (χ0n) is 17.5. The second-order valence-corrected chi connectivity index (χ2v) is 8.16. The highest BCUT2D eigenvalue weighted by Crippen LogP contribution is 2.27. The highest BCUT2D eigenvalue weighted by Gasteiger charge is 2.24. The van der Waals surface area contributed by atoms with Gasteiger partial charge < -0.3 is 19.5 Å². The summed E-state index contributed by atoms with van der Waals surface area (Å²) in [6, 6.07) is 5.74. The first kappa shape index (κ1) is 19.9. The third-order valence-corrected chi connectivity index (χ3v) is 6.05. The molecule has 1 aromatic carbocycles. The molecule has 1 aromatic heterocycles. The van der Waals surface area contributed by atoms with Crippen molar-refractivity contribution in [2.45, 2.75) is 52.1 Å². The zero-order chi connectivity index (χ0) is 20.2. The number of rotatable bonds is 8. The van der Waals surface area contributed by atoms with Crippen LogP contribution in [0, 0.1) is 5.92 Å². The van der Waals surface area contributed by atoms with Crippen LogP contribution in [0.15, 0.2) is 18.2 Å². The Labute approximate surface area is 172 Å². The minimum absolute atomic E-state index is 0.0803. The fourth-order valence-electron chi connectivity index (χ4n) is 4.59. The molecule has 1 fully saturated rings. The summed E-state index contributed by atoms with van der Waals surface area (Å²) >= 11 is 0. The minimum Gasteiger partial charge on any atom is -0.496 e. The largest absolute Gasteiger partial charge is 0.496 e. The summed E-state index contributed by atoms with van der Waals surface area (Å²) in [4.78, 5) is 15.3. The lowest BCUT2D eigenvalue weighted by Gasteiger charge is -2.16. The monoisotopic (exact) mass is 397 g/mol. The number of ether oxygens (including phenoxy) is 1. The van der Waals surface area contributed by atoms with E-state index < -0.39 is 0 Å². The van der Waals surface area contributed by atoms with Crippen molar-refractivity contribution >= 4 is 5.91 Å². The summed E-state index contributed by atoms with van der Waals surface area (Å²) in [6.45, 7) is 7.04. The number of methoxy groups -OCH3 is 1. The van der Waals surface area contributed by atoms with Gasteiger partial charge in [0.1, 0.15) is 11.6 Å². The zero-order valence-corrected chi connectivity index (χ0v) is 17.5. The van der Waals surface area contributed by atoms with Gasteiger partial charge in [0.25, 0.3) is 5.91 Å². The van der Waals surface area contributed by atoms with Crippen molar-refractivity contribution in [1.29, 1.82) is 0 Å². The van der Waals surface area contributed by atoms with Crippen LogP contribution in [0.5, 0.6) is 5.75 Å². The van der Waals surface area contributed by atoms with E-state index in [0.29, 0.717) is 18.0 Å². The number of carbonyl (C=O) groups is 1. The first-order chi connectivity index (χ1) is 14.2. The third-order valence-electron chi connectivity index (χ3n) is 6.05. The maximum absolute atomic E-state index is 12.7. The molecule has 2 aliphatic heterocycles. The molecule has 1 unspecified atom stereocenters. The van der Waals surface area contributed by atoms with Crippen molar-refractivity contribution < 1.29 is 9.53 Å². The molecule has 7 heteroatoms. The molecule has 1 saturated heterocycles. The van der Waals surface area contributed by atoms with E-state index >= 15 is 0 Å². The van der Waals surface area contributed by atoms with E-state index in [2.05, 4.69) is 31.9 Å². The summed E-state index contributed by atoms with van der Waals surface area (Å²) in [5, 5.41) is 11.4. The predicted molar refractivity (Wildman–Crippen MR) is 111 cm³/mol. The van der Waals surface area contributed by atoms with Crippen LogP contribution in [0.25, 0.3) is 0 Å². The van der Waals surface area contributed by atoms with Crippen molar-refractivity contribution in [1.82, 2.24) is 25.0 Å². The Balaban J connectivity index is 1.41. The lowest BCUT2D eigenvalue weighted by molar-refractivity contribution is 0.0949. The van der Waals surface area contributed by atoms with Crippen LogP contribution in [0.1, 0.15) is 53.8 Å². The fourth-order valence-corrected chi connectivity index (χ4v) is 4.59. The first-order valence-corrected chi connectivity index (χ1v) is 10.8. The smallest absolute Gasteiger partial charge is 0.251 e. The number of hydrogen-bond donors (Lipinski definition) is 1. The Hall–Kier alpha value is -2.41. The molecule has 0 saturated carbocycles. The first-order valence-electron chi connectivity index (χ1n) is 10.8.